The molecule has 55 heavy (non-hydrogen) atoms. The second kappa shape index (κ2) is 16.0. The monoisotopic (exact) mass is 808 g/mol. The van der Waals surface area contributed by atoms with Gasteiger partial charge in [0.15, 0.2) is 16.7 Å². The highest BCUT2D eigenvalue weighted by atomic mass is 32.2. The highest BCUT2D eigenvalue weighted by Crippen LogP contribution is 2.40. The fourth-order valence-electron chi connectivity index (χ4n) is 6.20. The van der Waals surface area contributed by atoms with E-state index in [0.29, 0.717) is 26.2 Å². The van der Waals surface area contributed by atoms with E-state index in [1.807, 2.05) is 11.9 Å². The van der Waals surface area contributed by atoms with Crippen molar-refractivity contribution in [3.8, 4) is 0 Å². The largest absolute Gasteiger partial charge is 0.479 e. The van der Waals surface area contributed by atoms with Gasteiger partial charge in [-0.2, -0.15) is 0 Å². The summed E-state index contributed by atoms with van der Waals surface area (Å²) < 4.78 is 51.3. The third-order valence-electron chi connectivity index (χ3n) is 8.83. The number of pyridine rings is 1. The Bertz CT molecular complexity index is 2220. The Hall–Kier alpha value is -5.68. The number of carbonyl (C=O) groups is 5. The molecule has 3 aromatic rings. The smallest absolute Gasteiger partial charge is 0.352 e. The summed E-state index contributed by atoms with van der Waals surface area (Å²) in [4.78, 5) is 89.4. The average molecular weight is 809 g/mol. The third-order valence-corrected chi connectivity index (χ3v) is 10.8. The van der Waals surface area contributed by atoms with Crippen molar-refractivity contribution in [3.05, 3.63) is 62.0 Å². The first kappa shape index (κ1) is 39.0. The Morgan fingerprint density at radius 1 is 1.15 bits per heavy atom. The summed E-state index contributed by atoms with van der Waals surface area (Å²) in [6, 6.07) is -0.488. The van der Waals surface area contributed by atoms with Crippen molar-refractivity contribution >= 4 is 80.3 Å². The van der Waals surface area contributed by atoms with Gasteiger partial charge in [-0.3, -0.25) is 19.3 Å². The van der Waals surface area contributed by atoms with Crippen molar-refractivity contribution in [3.63, 3.8) is 0 Å². The molecule has 2 fully saturated rings. The van der Waals surface area contributed by atoms with Crippen LogP contribution in [0, 0.1) is 11.6 Å². The number of hydrogen-bond acceptors (Lipinski definition) is 15. The van der Waals surface area contributed by atoms with E-state index < -0.39 is 113 Å². The number of fused-ring (bicyclic) bond motifs is 2. The molecule has 0 radical (unpaired) electrons. The standard InChI is InChI=1S/C32H31F3N8O10S2/c1-40-4-6-41(7-5-40)25-17(34)8-15-24(20(25)35)42(3-2-33)9-16(26(15)46)31(51)52-10-14-12-54-29-22(28(48)43(29)23(14)30(49)50)38-27(47)21(39-53-11-19(44)45)18-13-55-32(36)37-18/h8-9,13,22,29H,2-7,10-12H2,1H3,(H2,36,37)(H,38,47)(H,44,45)(H,49,50)/b39-21+/t22-,29-/m1/s1. The zero-order valence-electron chi connectivity index (χ0n) is 28.6. The van der Waals surface area contributed by atoms with E-state index in [1.54, 1.807) is 0 Å². The number of ether oxygens (including phenoxy) is 1. The molecule has 0 spiro atoms. The summed E-state index contributed by atoms with van der Waals surface area (Å²) in [5, 5.41) is 24.8. The summed E-state index contributed by atoms with van der Waals surface area (Å²) in [6.07, 6.45) is 0.899. The highest BCUT2D eigenvalue weighted by Gasteiger charge is 2.54. The predicted octanol–water partition coefficient (Wildman–Crippen LogP) is 0.441. The second-order valence-electron chi connectivity index (χ2n) is 12.3. The molecular weight excluding hydrogens is 778 g/mol. The maximum atomic E-state index is 16.0. The molecule has 2 aromatic heterocycles. The molecule has 5 heterocycles. The number of halogens is 3. The predicted molar refractivity (Wildman–Crippen MR) is 190 cm³/mol. The number of piperazine rings is 1. The summed E-state index contributed by atoms with van der Waals surface area (Å²) in [5.74, 6) is -8.39. The number of thioether (sulfide) groups is 1. The topological polar surface area (TPSA) is 239 Å². The first-order valence-electron chi connectivity index (χ1n) is 16.3. The van der Waals surface area contributed by atoms with Crippen molar-refractivity contribution in [1.82, 2.24) is 24.7 Å². The maximum absolute atomic E-state index is 16.0. The maximum Gasteiger partial charge on any atom is 0.352 e. The van der Waals surface area contributed by atoms with Crippen LogP contribution in [-0.2, 0) is 35.3 Å². The Morgan fingerprint density at radius 3 is 2.51 bits per heavy atom. The number of carboxylic acids is 2. The molecule has 2 amide bonds. The van der Waals surface area contributed by atoms with Gasteiger partial charge < -0.3 is 45.2 Å². The van der Waals surface area contributed by atoms with Gasteiger partial charge in [0.05, 0.1) is 17.4 Å². The number of nitrogens with two attached hydrogens (primary N) is 1. The number of carbonyl (C=O) groups excluding carboxylic acids is 3. The van der Waals surface area contributed by atoms with Crippen molar-refractivity contribution in [2.24, 2.45) is 5.16 Å². The SMILES string of the molecule is CN1CCN(c2c(F)cc3c(=O)c(C(=O)OCC4=C(C(=O)O)N5C(=O)[C@@H](NC(=O)/C(=N/OCC(=O)O)c6csc(N)n6)[C@H]5SC4)cn(CCF)c3c2F)CC1. The number of hydrogen-bond donors (Lipinski definition) is 4. The Labute approximate surface area is 315 Å². The number of nitrogens with zero attached hydrogens (tertiary/aromatic N) is 6. The van der Waals surface area contributed by atoms with Gasteiger partial charge in [-0.25, -0.2) is 32.5 Å². The van der Waals surface area contributed by atoms with E-state index in [4.69, 9.17) is 15.6 Å². The fourth-order valence-corrected chi connectivity index (χ4v) is 8.07. The molecule has 0 unspecified atom stereocenters. The minimum atomic E-state index is -1.57. The van der Waals surface area contributed by atoms with E-state index in [-0.39, 0.29) is 27.8 Å². The molecule has 2 atom stereocenters. The van der Waals surface area contributed by atoms with E-state index in [0.717, 1.165) is 44.8 Å². The normalized spacial score (nSPS) is 18.9. The second-order valence-corrected chi connectivity index (χ2v) is 14.3. The van der Waals surface area contributed by atoms with Gasteiger partial charge in [0, 0.05) is 49.1 Å². The summed E-state index contributed by atoms with van der Waals surface area (Å²) in [5.41, 5.74) is 1.88. The number of esters is 1. The van der Waals surface area contributed by atoms with Crippen LogP contribution in [0.1, 0.15) is 16.1 Å². The van der Waals surface area contributed by atoms with Crippen molar-refractivity contribution in [2.75, 3.05) is 69.5 Å². The van der Waals surface area contributed by atoms with E-state index in [1.165, 1.54) is 10.3 Å². The van der Waals surface area contributed by atoms with Crippen LogP contribution < -0.4 is 21.4 Å². The number of aryl methyl sites for hydroxylation is 1. The van der Waals surface area contributed by atoms with Gasteiger partial charge in [0.1, 0.15) is 53.2 Å². The minimum Gasteiger partial charge on any atom is -0.479 e. The number of alkyl halides is 1. The van der Waals surface area contributed by atoms with E-state index in [2.05, 4.69) is 20.3 Å². The lowest BCUT2D eigenvalue weighted by molar-refractivity contribution is -0.150. The lowest BCUT2D eigenvalue weighted by atomic mass is 10.0. The zero-order chi connectivity index (χ0) is 39.7. The molecule has 2 saturated heterocycles. The van der Waals surface area contributed by atoms with Gasteiger partial charge in [0.25, 0.3) is 11.8 Å². The molecule has 18 nitrogen and oxygen atoms in total. The molecule has 3 aliphatic heterocycles. The Balaban J connectivity index is 1.21. The number of aliphatic carboxylic acids is 2. The number of nitrogen functional groups attached to an aromatic ring is 1. The quantitative estimate of drug-likeness (QED) is 0.0793. The zero-order valence-corrected chi connectivity index (χ0v) is 30.3. The van der Waals surface area contributed by atoms with Crippen LogP contribution in [0.4, 0.5) is 24.0 Å². The molecule has 0 saturated carbocycles. The number of oxime groups is 1. The van der Waals surface area contributed by atoms with Gasteiger partial charge in [-0.15, -0.1) is 23.1 Å². The number of β-lactam (4-membered cyclic amide) rings is 1. The van der Waals surface area contributed by atoms with Crippen molar-refractivity contribution < 1.29 is 56.9 Å². The van der Waals surface area contributed by atoms with Crippen LogP contribution in [0.25, 0.3) is 10.9 Å². The van der Waals surface area contributed by atoms with Crippen LogP contribution in [0.15, 0.2) is 38.9 Å². The third kappa shape index (κ3) is 7.66. The van der Waals surface area contributed by atoms with Gasteiger partial charge in [-0.1, -0.05) is 5.16 Å². The number of likely N-dealkylation sites (N-methyl/N-ethyl adjacent to an activating group) is 1. The summed E-state index contributed by atoms with van der Waals surface area (Å²) >= 11 is 1.95. The van der Waals surface area contributed by atoms with Gasteiger partial charge >= 0.3 is 17.9 Å². The molecular formula is C32H31F3N8O10S2. The van der Waals surface area contributed by atoms with Crippen LogP contribution in [0.3, 0.4) is 0 Å². The lowest BCUT2D eigenvalue weighted by Gasteiger charge is -2.49. The van der Waals surface area contributed by atoms with Gasteiger partial charge in [0.2, 0.25) is 12.0 Å². The number of nitrogens with one attached hydrogen (secondary N) is 1. The van der Waals surface area contributed by atoms with Crippen molar-refractivity contribution in [1.29, 1.82) is 0 Å². The Morgan fingerprint density at radius 2 is 1.87 bits per heavy atom. The van der Waals surface area contributed by atoms with Crippen LogP contribution >= 0.6 is 23.1 Å². The minimum absolute atomic E-state index is 0.0519. The van der Waals surface area contributed by atoms with Gasteiger partial charge in [-0.05, 0) is 13.1 Å². The number of thiazole rings is 1. The van der Waals surface area contributed by atoms with Crippen LogP contribution in [-0.4, -0.2) is 135 Å². The highest BCUT2D eigenvalue weighted by molar-refractivity contribution is 8.00. The number of rotatable bonds is 13. The molecule has 23 heteroatoms. The summed E-state index contributed by atoms with van der Waals surface area (Å²) in [7, 11) is 1.86. The number of amides is 2. The first-order valence-corrected chi connectivity index (χ1v) is 18.2. The Kier molecular flexibility index (Phi) is 11.3. The van der Waals surface area contributed by atoms with Crippen LogP contribution in [0.2, 0.25) is 0 Å². The summed E-state index contributed by atoms with van der Waals surface area (Å²) in [6.45, 7) is -1.51. The van der Waals surface area contributed by atoms with E-state index >= 15 is 8.78 Å². The molecule has 3 aliphatic rings. The molecule has 0 bridgehead atoms. The van der Waals surface area contributed by atoms with E-state index in [9.17, 15) is 38.3 Å². The number of anilines is 2. The molecule has 5 N–H and O–H groups in total. The lowest BCUT2D eigenvalue weighted by Crippen LogP contribution is -2.71. The average Bonchev–Trinajstić information content (AvgIpc) is 3.57. The molecule has 6 rings (SSSR count). The number of aromatic nitrogens is 2. The fraction of sp³-hybridized carbons (Fsp3) is 0.375. The number of benzene rings is 1. The molecule has 0 aliphatic carbocycles. The number of carboxylic acid groups (broad SMARTS) is 2. The molecule has 292 valence electrons. The van der Waals surface area contributed by atoms with Crippen molar-refractivity contribution in [2.45, 2.75) is 18.0 Å². The molecule has 1 aromatic carbocycles. The van der Waals surface area contributed by atoms with Crippen LogP contribution in [0.5, 0.6) is 0 Å². The first-order chi connectivity index (χ1) is 26.2.